The van der Waals surface area contributed by atoms with Crippen LogP contribution in [0.3, 0.4) is 0 Å². The van der Waals surface area contributed by atoms with E-state index >= 15 is 0 Å². The summed E-state index contributed by atoms with van der Waals surface area (Å²) in [6, 6.07) is 7.08. The molecule has 0 aliphatic carbocycles. The zero-order valence-corrected chi connectivity index (χ0v) is 14.6. The second-order valence-corrected chi connectivity index (χ2v) is 7.15. The van der Waals surface area contributed by atoms with Gasteiger partial charge in [-0.15, -0.1) is 0 Å². The van der Waals surface area contributed by atoms with Crippen LogP contribution in [0.1, 0.15) is 31.2 Å². The molecule has 2 aliphatic heterocycles. The van der Waals surface area contributed by atoms with Gasteiger partial charge in [0.2, 0.25) is 5.91 Å². The number of carbonyl (C=O) groups excluding carboxylic acids is 1. The third-order valence-electron chi connectivity index (χ3n) is 4.54. The number of amides is 1. The van der Waals surface area contributed by atoms with Crippen LogP contribution >= 0.6 is 15.9 Å². The summed E-state index contributed by atoms with van der Waals surface area (Å²) in [6.07, 6.45) is 3.98. The van der Waals surface area contributed by atoms with Crippen LogP contribution in [-0.2, 0) is 4.79 Å². The molecule has 2 saturated heterocycles. The molecular formula is C17H23BrN2O2. The first-order valence-electron chi connectivity index (χ1n) is 8.04. The molecule has 5 heteroatoms. The van der Waals surface area contributed by atoms with Crippen molar-refractivity contribution in [3.05, 3.63) is 28.2 Å². The van der Waals surface area contributed by atoms with Gasteiger partial charge in [-0.05, 0) is 59.8 Å². The van der Waals surface area contributed by atoms with Gasteiger partial charge in [-0.3, -0.25) is 4.79 Å². The minimum Gasteiger partial charge on any atom is -0.492 e. The lowest BCUT2D eigenvalue weighted by atomic mass is 10.1. The van der Waals surface area contributed by atoms with E-state index in [1.54, 1.807) is 0 Å². The largest absolute Gasteiger partial charge is 0.492 e. The second-order valence-electron chi connectivity index (χ2n) is 6.30. The summed E-state index contributed by atoms with van der Waals surface area (Å²) >= 11 is 3.49. The molecule has 0 spiro atoms. The van der Waals surface area contributed by atoms with Crippen molar-refractivity contribution in [1.29, 1.82) is 0 Å². The van der Waals surface area contributed by atoms with E-state index in [0.29, 0.717) is 25.1 Å². The van der Waals surface area contributed by atoms with Gasteiger partial charge in [-0.25, -0.2) is 0 Å². The molecule has 3 rings (SSSR count). The van der Waals surface area contributed by atoms with E-state index in [1.165, 1.54) is 18.4 Å². The van der Waals surface area contributed by atoms with Crippen molar-refractivity contribution in [2.24, 2.45) is 0 Å². The van der Waals surface area contributed by atoms with E-state index in [-0.39, 0.29) is 5.91 Å². The fraction of sp³-hybridized carbons (Fsp3) is 0.588. The Balaban J connectivity index is 1.48. The van der Waals surface area contributed by atoms with Crippen molar-refractivity contribution < 1.29 is 9.53 Å². The average molecular weight is 367 g/mol. The summed E-state index contributed by atoms with van der Waals surface area (Å²) in [5.74, 6) is 1.01. The number of nitrogens with zero attached hydrogens (tertiary/aromatic N) is 1. The summed E-state index contributed by atoms with van der Waals surface area (Å²) in [4.78, 5) is 14.4. The number of carbonyl (C=O) groups is 1. The lowest BCUT2D eigenvalue weighted by molar-refractivity contribution is -0.131. The molecule has 1 aromatic carbocycles. The van der Waals surface area contributed by atoms with Crippen LogP contribution in [0.4, 0.5) is 0 Å². The van der Waals surface area contributed by atoms with Crippen molar-refractivity contribution >= 4 is 21.8 Å². The monoisotopic (exact) mass is 366 g/mol. The smallest absolute Gasteiger partial charge is 0.226 e. The SMILES string of the molecule is Cc1ccc(OCCC(=O)N2CCC3CCC(C2)N3)c(Br)c1. The van der Waals surface area contributed by atoms with Crippen molar-refractivity contribution in [3.8, 4) is 5.75 Å². The molecule has 0 aromatic heterocycles. The van der Waals surface area contributed by atoms with Gasteiger partial charge >= 0.3 is 0 Å². The van der Waals surface area contributed by atoms with Crippen LogP contribution in [0.15, 0.2) is 22.7 Å². The number of nitrogens with one attached hydrogen (secondary N) is 1. The fourth-order valence-corrected chi connectivity index (χ4v) is 3.91. The first-order valence-corrected chi connectivity index (χ1v) is 8.84. The Kier molecular flexibility index (Phi) is 5.03. The molecule has 2 fully saturated rings. The van der Waals surface area contributed by atoms with Crippen LogP contribution in [0, 0.1) is 6.92 Å². The molecule has 1 N–H and O–H groups in total. The number of aryl methyl sites for hydroxylation is 1. The molecule has 0 saturated carbocycles. The van der Waals surface area contributed by atoms with Gasteiger partial charge in [0.1, 0.15) is 5.75 Å². The van der Waals surface area contributed by atoms with E-state index in [9.17, 15) is 4.79 Å². The molecule has 120 valence electrons. The third-order valence-corrected chi connectivity index (χ3v) is 5.16. The highest BCUT2D eigenvalue weighted by atomic mass is 79.9. The molecule has 4 nitrogen and oxygen atoms in total. The Morgan fingerprint density at radius 3 is 3.00 bits per heavy atom. The molecular weight excluding hydrogens is 344 g/mol. The number of hydrogen-bond donors (Lipinski definition) is 1. The number of halogens is 1. The highest BCUT2D eigenvalue weighted by Gasteiger charge is 2.30. The highest BCUT2D eigenvalue weighted by molar-refractivity contribution is 9.10. The zero-order valence-electron chi connectivity index (χ0n) is 13.0. The first kappa shape index (κ1) is 15.8. The second kappa shape index (κ2) is 7.01. The van der Waals surface area contributed by atoms with Gasteiger partial charge in [0, 0.05) is 25.2 Å². The molecule has 0 radical (unpaired) electrons. The Hall–Kier alpha value is -1.07. The highest BCUT2D eigenvalue weighted by Crippen LogP contribution is 2.26. The maximum Gasteiger partial charge on any atom is 0.226 e. The van der Waals surface area contributed by atoms with Crippen LogP contribution in [0.5, 0.6) is 5.75 Å². The number of likely N-dealkylation sites (tertiary alicyclic amines) is 1. The van der Waals surface area contributed by atoms with Crippen LogP contribution in [-0.4, -0.2) is 42.6 Å². The van der Waals surface area contributed by atoms with Crippen molar-refractivity contribution in [1.82, 2.24) is 10.2 Å². The minimum atomic E-state index is 0.206. The van der Waals surface area contributed by atoms with E-state index in [2.05, 4.69) is 21.2 Å². The molecule has 2 unspecified atom stereocenters. The molecule has 1 aromatic rings. The van der Waals surface area contributed by atoms with E-state index in [1.807, 2.05) is 30.0 Å². The molecule has 2 bridgehead atoms. The zero-order chi connectivity index (χ0) is 15.5. The van der Waals surface area contributed by atoms with Gasteiger partial charge in [0.25, 0.3) is 0 Å². The van der Waals surface area contributed by atoms with Gasteiger partial charge in [0.15, 0.2) is 0 Å². The summed E-state index contributed by atoms with van der Waals surface area (Å²) in [5, 5.41) is 3.60. The van der Waals surface area contributed by atoms with Gasteiger partial charge < -0.3 is 15.0 Å². The Morgan fingerprint density at radius 2 is 2.18 bits per heavy atom. The fourth-order valence-electron chi connectivity index (χ4n) is 3.30. The first-order chi connectivity index (χ1) is 10.6. The van der Waals surface area contributed by atoms with Crippen molar-refractivity contribution in [2.45, 2.75) is 44.7 Å². The Morgan fingerprint density at radius 1 is 1.36 bits per heavy atom. The summed E-state index contributed by atoms with van der Waals surface area (Å²) in [6.45, 7) is 4.20. The predicted octanol–water partition coefficient (Wildman–Crippen LogP) is 2.88. The molecule has 2 aliphatic rings. The maximum atomic E-state index is 12.4. The topological polar surface area (TPSA) is 41.6 Å². The summed E-state index contributed by atoms with van der Waals surface area (Å²) < 4.78 is 6.68. The number of benzene rings is 1. The summed E-state index contributed by atoms with van der Waals surface area (Å²) in [5.41, 5.74) is 1.18. The van der Waals surface area contributed by atoms with Crippen LogP contribution < -0.4 is 10.1 Å². The maximum absolute atomic E-state index is 12.4. The number of ether oxygens (including phenoxy) is 1. The van der Waals surface area contributed by atoms with E-state index in [0.717, 1.165) is 29.7 Å². The number of fused-ring (bicyclic) bond motifs is 2. The van der Waals surface area contributed by atoms with Gasteiger partial charge in [-0.1, -0.05) is 6.07 Å². The molecule has 2 heterocycles. The normalized spacial score (nSPS) is 24.2. The molecule has 1 amide bonds. The predicted molar refractivity (Wildman–Crippen MR) is 90.1 cm³/mol. The Labute approximate surface area is 140 Å². The standard InChI is InChI=1S/C17H23BrN2O2/c1-12-2-5-16(15(18)10-12)22-9-7-17(21)20-8-6-13-3-4-14(11-20)19-13/h2,5,10,13-14,19H,3-4,6-9,11H2,1H3. The van der Waals surface area contributed by atoms with Gasteiger partial charge in [0.05, 0.1) is 17.5 Å². The third kappa shape index (κ3) is 3.82. The average Bonchev–Trinajstić information content (AvgIpc) is 2.80. The van der Waals surface area contributed by atoms with Crippen molar-refractivity contribution in [2.75, 3.05) is 19.7 Å². The number of hydrogen-bond acceptors (Lipinski definition) is 3. The lowest BCUT2D eigenvalue weighted by Crippen LogP contribution is -2.39. The molecule has 2 atom stereocenters. The van der Waals surface area contributed by atoms with Gasteiger partial charge in [-0.2, -0.15) is 0 Å². The lowest BCUT2D eigenvalue weighted by Gasteiger charge is -2.24. The van der Waals surface area contributed by atoms with E-state index in [4.69, 9.17) is 4.74 Å². The quantitative estimate of drug-likeness (QED) is 0.890. The van der Waals surface area contributed by atoms with E-state index < -0.39 is 0 Å². The van der Waals surface area contributed by atoms with Crippen LogP contribution in [0.25, 0.3) is 0 Å². The minimum absolute atomic E-state index is 0.206. The number of rotatable bonds is 4. The Bertz CT molecular complexity index is 549. The summed E-state index contributed by atoms with van der Waals surface area (Å²) in [7, 11) is 0. The van der Waals surface area contributed by atoms with Crippen LogP contribution in [0.2, 0.25) is 0 Å². The van der Waals surface area contributed by atoms with Crippen molar-refractivity contribution in [3.63, 3.8) is 0 Å². The molecule has 22 heavy (non-hydrogen) atoms.